The molecular weight excluding hydrogens is 402 g/mol. The Bertz CT molecular complexity index is 950. The molecular formula is C26H31N3O3. The Morgan fingerprint density at radius 2 is 1.44 bits per heavy atom. The van der Waals surface area contributed by atoms with E-state index in [1.54, 1.807) is 4.90 Å². The number of rotatable bonds is 6. The number of benzene rings is 2. The van der Waals surface area contributed by atoms with Gasteiger partial charge in [0, 0.05) is 32.7 Å². The molecule has 0 radical (unpaired) electrons. The van der Waals surface area contributed by atoms with Crippen LogP contribution in [0.4, 0.5) is 0 Å². The van der Waals surface area contributed by atoms with Gasteiger partial charge >= 0.3 is 11.8 Å². The van der Waals surface area contributed by atoms with Crippen molar-refractivity contribution in [2.75, 3.05) is 32.7 Å². The van der Waals surface area contributed by atoms with E-state index in [9.17, 15) is 14.4 Å². The van der Waals surface area contributed by atoms with Crippen molar-refractivity contribution in [3.05, 3.63) is 71.3 Å². The summed E-state index contributed by atoms with van der Waals surface area (Å²) in [6, 6.07) is 18.4. The van der Waals surface area contributed by atoms with Crippen molar-refractivity contribution in [1.82, 2.24) is 14.7 Å². The fourth-order valence-corrected chi connectivity index (χ4v) is 4.53. The number of piperazine rings is 1. The zero-order chi connectivity index (χ0) is 22.5. The van der Waals surface area contributed by atoms with Crippen LogP contribution in [0.1, 0.15) is 29.5 Å². The summed E-state index contributed by atoms with van der Waals surface area (Å²) in [6.45, 7) is 4.70. The van der Waals surface area contributed by atoms with E-state index in [0.29, 0.717) is 38.6 Å². The van der Waals surface area contributed by atoms with Gasteiger partial charge in [-0.3, -0.25) is 14.4 Å². The second kappa shape index (κ2) is 9.98. The first-order chi connectivity index (χ1) is 15.5. The molecule has 0 unspecified atom stereocenters. The number of likely N-dealkylation sites (tertiary alicyclic amines) is 1. The molecule has 0 bridgehead atoms. The third-order valence-electron chi connectivity index (χ3n) is 6.55. The van der Waals surface area contributed by atoms with Crippen LogP contribution in [0, 0.1) is 12.8 Å². The van der Waals surface area contributed by atoms with Crippen molar-refractivity contribution >= 4 is 17.7 Å². The van der Waals surface area contributed by atoms with Crippen molar-refractivity contribution in [2.45, 2.75) is 32.7 Å². The van der Waals surface area contributed by atoms with E-state index in [1.165, 1.54) is 10.5 Å². The highest BCUT2D eigenvalue weighted by Crippen LogP contribution is 2.22. The van der Waals surface area contributed by atoms with Crippen molar-refractivity contribution in [2.24, 2.45) is 5.92 Å². The molecule has 2 aliphatic rings. The highest BCUT2D eigenvalue weighted by molar-refractivity contribution is 6.35. The third kappa shape index (κ3) is 5.36. The average molecular weight is 434 g/mol. The van der Waals surface area contributed by atoms with Gasteiger partial charge in [-0.25, -0.2) is 0 Å². The van der Waals surface area contributed by atoms with Gasteiger partial charge in [0.25, 0.3) is 0 Å². The van der Waals surface area contributed by atoms with E-state index in [4.69, 9.17) is 0 Å². The average Bonchev–Trinajstić information content (AvgIpc) is 2.81. The minimum Gasteiger partial charge on any atom is -0.341 e. The highest BCUT2D eigenvalue weighted by Gasteiger charge is 2.34. The molecule has 0 aliphatic carbocycles. The number of amides is 3. The Morgan fingerprint density at radius 1 is 0.812 bits per heavy atom. The van der Waals surface area contributed by atoms with Gasteiger partial charge < -0.3 is 14.7 Å². The molecule has 2 heterocycles. The minimum absolute atomic E-state index is 0.00764. The Kier molecular flexibility index (Phi) is 6.88. The molecule has 2 fully saturated rings. The summed E-state index contributed by atoms with van der Waals surface area (Å²) in [5.41, 5.74) is 3.49. The Hall–Kier alpha value is -3.15. The summed E-state index contributed by atoms with van der Waals surface area (Å²) < 4.78 is 0. The van der Waals surface area contributed by atoms with Gasteiger partial charge in [-0.2, -0.15) is 0 Å². The standard InChI is InChI=1S/C26H31N3O3/c1-20-7-9-23(10-8-20)18-28-15-16-29(26(32)25(28)31)19-24(30)27-13-11-22(12-14-27)17-21-5-3-2-4-6-21/h2-10,22H,11-19H2,1H3. The number of carbonyl (C=O) groups excluding carboxylic acids is 3. The SMILES string of the molecule is Cc1ccc(CN2CCN(CC(=O)N3CCC(Cc4ccccc4)CC3)C(=O)C2=O)cc1. The number of hydrogen-bond donors (Lipinski definition) is 0. The van der Waals surface area contributed by atoms with Gasteiger partial charge in [-0.05, 0) is 43.2 Å². The predicted molar refractivity (Wildman–Crippen MR) is 123 cm³/mol. The van der Waals surface area contributed by atoms with Crippen LogP contribution in [0.15, 0.2) is 54.6 Å². The van der Waals surface area contributed by atoms with E-state index in [1.807, 2.05) is 42.2 Å². The fourth-order valence-electron chi connectivity index (χ4n) is 4.53. The molecule has 6 heteroatoms. The van der Waals surface area contributed by atoms with Gasteiger partial charge in [0.15, 0.2) is 0 Å². The zero-order valence-electron chi connectivity index (χ0n) is 18.7. The van der Waals surface area contributed by atoms with Crippen LogP contribution in [0.3, 0.4) is 0 Å². The maximum atomic E-state index is 12.8. The maximum absolute atomic E-state index is 12.8. The fraction of sp³-hybridized carbons (Fsp3) is 0.423. The van der Waals surface area contributed by atoms with Crippen molar-refractivity contribution in [1.29, 1.82) is 0 Å². The summed E-state index contributed by atoms with van der Waals surface area (Å²) in [6.07, 6.45) is 2.98. The van der Waals surface area contributed by atoms with Crippen LogP contribution in [0.2, 0.25) is 0 Å². The number of nitrogens with zero attached hydrogens (tertiary/aromatic N) is 3. The van der Waals surface area contributed by atoms with E-state index in [-0.39, 0.29) is 12.5 Å². The first-order valence-electron chi connectivity index (χ1n) is 11.4. The normalized spacial score (nSPS) is 17.7. The number of piperidine rings is 1. The van der Waals surface area contributed by atoms with E-state index < -0.39 is 11.8 Å². The Balaban J connectivity index is 1.25. The lowest BCUT2D eigenvalue weighted by Gasteiger charge is -2.36. The van der Waals surface area contributed by atoms with Crippen LogP contribution < -0.4 is 0 Å². The van der Waals surface area contributed by atoms with Crippen molar-refractivity contribution < 1.29 is 14.4 Å². The smallest absolute Gasteiger partial charge is 0.312 e. The summed E-state index contributed by atoms with van der Waals surface area (Å²) in [5, 5.41) is 0. The monoisotopic (exact) mass is 433 g/mol. The summed E-state index contributed by atoms with van der Waals surface area (Å²) in [4.78, 5) is 42.8. The van der Waals surface area contributed by atoms with Crippen LogP contribution in [0.25, 0.3) is 0 Å². The van der Waals surface area contributed by atoms with Gasteiger partial charge in [-0.1, -0.05) is 60.2 Å². The minimum atomic E-state index is -0.573. The van der Waals surface area contributed by atoms with E-state index in [0.717, 1.165) is 30.4 Å². The molecule has 3 amide bonds. The van der Waals surface area contributed by atoms with Crippen LogP contribution in [0.5, 0.6) is 0 Å². The topological polar surface area (TPSA) is 60.9 Å². The third-order valence-corrected chi connectivity index (χ3v) is 6.55. The highest BCUT2D eigenvalue weighted by atomic mass is 16.2. The molecule has 6 nitrogen and oxygen atoms in total. The zero-order valence-corrected chi connectivity index (χ0v) is 18.7. The lowest BCUT2D eigenvalue weighted by atomic mass is 9.90. The molecule has 4 rings (SSSR count). The molecule has 2 aromatic carbocycles. The van der Waals surface area contributed by atoms with Gasteiger partial charge in [0.05, 0.1) is 0 Å². The molecule has 2 saturated heterocycles. The number of carbonyl (C=O) groups is 3. The summed E-state index contributed by atoms with van der Waals surface area (Å²) in [5.74, 6) is -0.576. The number of aryl methyl sites for hydroxylation is 1. The second-order valence-electron chi connectivity index (χ2n) is 8.95. The predicted octanol–water partition coefficient (Wildman–Crippen LogP) is 2.65. The quantitative estimate of drug-likeness (QED) is 0.658. The largest absolute Gasteiger partial charge is 0.341 e. The van der Waals surface area contributed by atoms with Gasteiger partial charge in [-0.15, -0.1) is 0 Å². The molecule has 0 spiro atoms. The van der Waals surface area contributed by atoms with Crippen molar-refractivity contribution in [3.63, 3.8) is 0 Å². The second-order valence-corrected chi connectivity index (χ2v) is 8.95. The lowest BCUT2D eigenvalue weighted by molar-refractivity contribution is -0.158. The molecule has 32 heavy (non-hydrogen) atoms. The molecule has 2 aliphatic heterocycles. The lowest BCUT2D eigenvalue weighted by Crippen LogP contribution is -2.56. The Morgan fingerprint density at radius 3 is 2.12 bits per heavy atom. The van der Waals surface area contributed by atoms with Crippen LogP contribution in [-0.4, -0.2) is 65.1 Å². The molecule has 0 atom stereocenters. The molecule has 0 aromatic heterocycles. The first-order valence-corrected chi connectivity index (χ1v) is 11.4. The van der Waals surface area contributed by atoms with E-state index in [2.05, 4.69) is 24.3 Å². The van der Waals surface area contributed by atoms with Crippen molar-refractivity contribution in [3.8, 4) is 0 Å². The van der Waals surface area contributed by atoms with Gasteiger partial charge in [0.1, 0.15) is 6.54 Å². The maximum Gasteiger partial charge on any atom is 0.312 e. The molecule has 2 aromatic rings. The van der Waals surface area contributed by atoms with Crippen LogP contribution >= 0.6 is 0 Å². The van der Waals surface area contributed by atoms with Gasteiger partial charge in [0.2, 0.25) is 5.91 Å². The van der Waals surface area contributed by atoms with Crippen LogP contribution in [-0.2, 0) is 27.3 Å². The summed E-state index contributed by atoms with van der Waals surface area (Å²) >= 11 is 0. The summed E-state index contributed by atoms with van der Waals surface area (Å²) in [7, 11) is 0. The van der Waals surface area contributed by atoms with E-state index >= 15 is 0 Å². The molecule has 168 valence electrons. The number of hydrogen-bond acceptors (Lipinski definition) is 3. The molecule has 0 N–H and O–H groups in total. The Labute approximate surface area is 189 Å². The first kappa shape index (κ1) is 22.1. The molecule has 0 saturated carbocycles.